The third-order valence-electron chi connectivity index (χ3n) is 6.19. The highest BCUT2D eigenvalue weighted by Gasteiger charge is 2.35. The Bertz CT molecular complexity index is 1070. The van der Waals surface area contributed by atoms with Crippen molar-refractivity contribution in [2.24, 2.45) is 17.5 Å². The molecule has 2 fully saturated rings. The fourth-order valence-corrected chi connectivity index (χ4v) is 4.20. The monoisotopic (exact) mass is 447 g/mol. The lowest BCUT2D eigenvalue weighted by molar-refractivity contribution is -0.0117. The molecule has 0 amide bonds. The Morgan fingerprint density at radius 3 is 2.62 bits per heavy atom. The summed E-state index contributed by atoms with van der Waals surface area (Å²) in [6.07, 6.45) is 6.20. The molecule has 1 saturated carbocycles. The lowest BCUT2D eigenvalue weighted by atomic mass is 10.1. The fourth-order valence-electron chi connectivity index (χ4n) is 4.20. The molecule has 2 aliphatic rings. The lowest BCUT2D eigenvalue weighted by Crippen LogP contribution is -2.43. The van der Waals surface area contributed by atoms with Crippen LogP contribution in [-0.2, 0) is 13.1 Å². The first kappa shape index (κ1) is 22.3. The van der Waals surface area contributed by atoms with E-state index >= 15 is 0 Å². The number of nitrogens with zero attached hydrogens (tertiary/aromatic N) is 5. The van der Waals surface area contributed by atoms with Crippen LogP contribution in [0, 0.1) is 12.8 Å². The van der Waals surface area contributed by atoms with Crippen molar-refractivity contribution in [1.29, 1.82) is 0 Å². The predicted octanol–water partition coefficient (Wildman–Crippen LogP) is 2.13. The number of rotatable bonds is 7. The molecule has 0 radical (unpaired) electrons. The summed E-state index contributed by atoms with van der Waals surface area (Å²) in [5.74, 6) is 3.93. The van der Waals surface area contributed by atoms with E-state index in [4.69, 9.17) is 11.6 Å². The summed E-state index contributed by atoms with van der Waals surface area (Å²) in [5.41, 5.74) is 8.99. The van der Waals surface area contributed by atoms with Gasteiger partial charge in [-0.05, 0) is 44.2 Å². The summed E-state index contributed by atoms with van der Waals surface area (Å²) < 4.78 is 31.0. The number of nitrogens with two attached hydrogens (primary N) is 2. The van der Waals surface area contributed by atoms with Crippen LogP contribution in [0.25, 0.3) is 5.70 Å². The number of hydrogen-bond acceptors (Lipinski definition) is 6. The Morgan fingerprint density at radius 2 is 2.00 bits per heavy atom. The molecule has 2 aromatic heterocycles. The van der Waals surface area contributed by atoms with E-state index in [1.165, 1.54) is 5.01 Å². The highest BCUT2D eigenvalue weighted by atomic mass is 19.3. The largest absolute Gasteiger partial charge is 0.395 e. The number of anilines is 1. The van der Waals surface area contributed by atoms with Crippen LogP contribution in [0.4, 0.5) is 14.5 Å². The minimum absolute atomic E-state index is 0.0856. The van der Waals surface area contributed by atoms with Gasteiger partial charge in [-0.15, -0.1) is 0 Å². The van der Waals surface area contributed by atoms with Gasteiger partial charge in [-0.3, -0.25) is 9.13 Å². The van der Waals surface area contributed by atoms with Crippen molar-refractivity contribution < 1.29 is 8.78 Å². The smallest absolute Gasteiger partial charge is 0.328 e. The number of allylic oxidation sites excluding steroid dienone is 1. The molecular formula is C22H31F2N7O. The fraction of sp³-hybridized carbons (Fsp3) is 0.545. The first-order valence-electron chi connectivity index (χ1n) is 11.0. The summed E-state index contributed by atoms with van der Waals surface area (Å²) in [5, 5.41) is 1.39. The Balaban J connectivity index is 1.59. The number of aryl methyl sites for hydroxylation is 1. The molecule has 0 aromatic carbocycles. The molecule has 0 atom stereocenters. The Labute approximate surface area is 186 Å². The molecule has 0 spiro atoms. The molecular weight excluding hydrogens is 416 g/mol. The van der Waals surface area contributed by atoms with Crippen molar-refractivity contribution in [2.45, 2.75) is 51.6 Å². The van der Waals surface area contributed by atoms with Crippen molar-refractivity contribution in [3.05, 3.63) is 52.1 Å². The van der Waals surface area contributed by atoms with Gasteiger partial charge < -0.3 is 15.6 Å². The van der Waals surface area contributed by atoms with Crippen LogP contribution in [0.3, 0.4) is 0 Å². The van der Waals surface area contributed by atoms with Crippen molar-refractivity contribution in [2.75, 3.05) is 25.0 Å². The molecule has 8 nitrogen and oxygen atoms in total. The molecule has 10 heteroatoms. The average Bonchev–Trinajstić information content (AvgIpc) is 3.48. The van der Waals surface area contributed by atoms with E-state index in [-0.39, 0.29) is 25.2 Å². The third kappa shape index (κ3) is 4.79. The first-order chi connectivity index (χ1) is 15.1. The van der Waals surface area contributed by atoms with Gasteiger partial charge in [0.25, 0.3) is 5.92 Å². The number of piperidine rings is 1. The van der Waals surface area contributed by atoms with Gasteiger partial charge in [0.05, 0.1) is 41.6 Å². The molecule has 3 heterocycles. The SMILES string of the molecule is Cc1nc(/C(N)=C(\Cn2ccn(CC3CC3)c2=O)N(C)N)ccc1N1CCCC(F)(F)C1. The standard InChI is InChI=1S/C22H31F2N7O/c1-15-18(31-9-3-8-22(23,24)14-31)7-6-17(27-15)20(25)19(28(2)26)13-30-11-10-29(21(30)32)12-16-4-5-16/h6-7,10-11,16H,3-5,8-9,12-14,25-26H2,1-2H3/b20-19-. The maximum absolute atomic E-state index is 13.9. The molecule has 32 heavy (non-hydrogen) atoms. The zero-order chi connectivity index (χ0) is 23.0. The molecule has 174 valence electrons. The maximum Gasteiger partial charge on any atom is 0.328 e. The topological polar surface area (TPSA) is 98.3 Å². The minimum Gasteiger partial charge on any atom is -0.395 e. The third-order valence-corrected chi connectivity index (χ3v) is 6.19. The van der Waals surface area contributed by atoms with E-state index in [0.717, 1.165) is 19.4 Å². The van der Waals surface area contributed by atoms with Gasteiger partial charge in [-0.2, -0.15) is 0 Å². The summed E-state index contributed by atoms with van der Waals surface area (Å²) >= 11 is 0. The molecule has 1 saturated heterocycles. The highest BCUT2D eigenvalue weighted by molar-refractivity contribution is 5.65. The number of halogens is 2. The van der Waals surface area contributed by atoms with E-state index in [2.05, 4.69) is 4.98 Å². The molecule has 4 rings (SSSR count). The van der Waals surface area contributed by atoms with E-state index in [1.54, 1.807) is 52.5 Å². The molecule has 1 aliphatic carbocycles. The molecule has 0 bridgehead atoms. The average molecular weight is 448 g/mol. The van der Waals surface area contributed by atoms with Crippen molar-refractivity contribution in [1.82, 2.24) is 19.1 Å². The summed E-state index contributed by atoms with van der Waals surface area (Å²) in [7, 11) is 1.66. The van der Waals surface area contributed by atoms with E-state index < -0.39 is 5.92 Å². The predicted molar refractivity (Wildman–Crippen MR) is 120 cm³/mol. The van der Waals surface area contributed by atoms with Gasteiger partial charge in [0.15, 0.2) is 0 Å². The Kier molecular flexibility index (Phi) is 5.98. The van der Waals surface area contributed by atoms with Gasteiger partial charge in [0, 0.05) is 39.0 Å². The maximum atomic E-state index is 13.9. The van der Waals surface area contributed by atoms with Crippen LogP contribution in [0.2, 0.25) is 0 Å². The van der Waals surface area contributed by atoms with Crippen molar-refractivity contribution in [3.8, 4) is 0 Å². The van der Waals surface area contributed by atoms with Gasteiger partial charge >= 0.3 is 5.69 Å². The Hall–Kier alpha value is -2.88. The first-order valence-corrected chi connectivity index (χ1v) is 11.0. The number of hydrazine groups is 1. The Morgan fingerprint density at radius 1 is 1.28 bits per heavy atom. The van der Waals surface area contributed by atoms with Crippen LogP contribution < -0.4 is 22.2 Å². The quantitative estimate of drug-likeness (QED) is 0.499. The van der Waals surface area contributed by atoms with Gasteiger partial charge in [0.1, 0.15) is 0 Å². The number of hydrogen-bond donors (Lipinski definition) is 2. The van der Waals surface area contributed by atoms with Crippen LogP contribution in [0.1, 0.15) is 37.1 Å². The second kappa shape index (κ2) is 8.57. The zero-order valence-corrected chi connectivity index (χ0v) is 18.6. The molecule has 0 unspecified atom stereocenters. The number of imidazole rings is 1. The molecule has 2 aromatic rings. The van der Waals surface area contributed by atoms with E-state index in [0.29, 0.717) is 47.4 Å². The number of likely N-dealkylation sites (N-methyl/N-ethyl adjacent to an activating group) is 1. The van der Waals surface area contributed by atoms with Crippen molar-refractivity contribution >= 4 is 11.4 Å². The van der Waals surface area contributed by atoms with Crippen molar-refractivity contribution in [3.63, 3.8) is 0 Å². The number of aromatic nitrogens is 3. The normalized spacial score (nSPS) is 19.1. The number of pyridine rings is 1. The van der Waals surface area contributed by atoms with Crippen LogP contribution in [0.5, 0.6) is 0 Å². The number of alkyl halides is 2. The van der Waals surface area contributed by atoms with E-state index in [9.17, 15) is 13.6 Å². The molecule has 4 N–H and O–H groups in total. The summed E-state index contributed by atoms with van der Waals surface area (Å²) in [6, 6.07) is 3.49. The van der Waals surface area contributed by atoms with Gasteiger partial charge in [-0.25, -0.2) is 24.4 Å². The summed E-state index contributed by atoms with van der Waals surface area (Å²) in [4.78, 5) is 18.9. The van der Waals surface area contributed by atoms with Gasteiger partial charge in [-0.1, -0.05) is 0 Å². The zero-order valence-electron chi connectivity index (χ0n) is 18.6. The van der Waals surface area contributed by atoms with Crippen LogP contribution >= 0.6 is 0 Å². The van der Waals surface area contributed by atoms with Crippen LogP contribution in [0.15, 0.2) is 35.0 Å². The van der Waals surface area contributed by atoms with Crippen LogP contribution in [-0.4, -0.2) is 45.2 Å². The molecule has 1 aliphatic heterocycles. The summed E-state index contributed by atoms with van der Waals surface area (Å²) in [6.45, 7) is 2.98. The highest BCUT2D eigenvalue weighted by Crippen LogP contribution is 2.32. The van der Waals surface area contributed by atoms with Gasteiger partial charge in [0.2, 0.25) is 0 Å². The second-order valence-electron chi connectivity index (χ2n) is 8.96. The lowest BCUT2D eigenvalue weighted by Gasteiger charge is -2.34. The second-order valence-corrected chi connectivity index (χ2v) is 8.96. The minimum atomic E-state index is -2.69. The van der Waals surface area contributed by atoms with E-state index in [1.807, 2.05) is 0 Å².